The van der Waals surface area contributed by atoms with Gasteiger partial charge in [0, 0.05) is 0 Å². The van der Waals surface area contributed by atoms with Crippen molar-refractivity contribution < 1.29 is 9.47 Å². The number of hydrogen-bond acceptors (Lipinski definition) is 3. The van der Waals surface area contributed by atoms with Crippen molar-refractivity contribution in [1.82, 2.24) is 5.32 Å². The molecule has 3 nitrogen and oxygen atoms in total. The molecule has 0 radical (unpaired) electrons. The van der Waals surface area contributed by atoms with Gasteiger partial charge in [-0.15, -0.1) is 0 Å². The van der Waals surface area contributed by atoms with Crippen molar-refractivity contribution in [2.75, 3.05) is 26.8 Å². The molecule has 1 aromatic carbocycles. The molecule has 0 unspecified atom stereocenters. The molecule has 0 atom stereocenters. The summed E-state index contributed by atoms with van der Waals surface area (Å²) in [5, 5.41) is 3.20. The number of rotatable bonds is 4. The standard InChI is InChI=1S/C14H21NO2/c1-14(2,6-7-15-3)11-4-5-12-13(10-11)17-9-8-16-12/h4-5,10,15H,6-9H2,1-3H3. The first-order valence-corrected chi connectivity index (χ1v) is 6.18. The molecule has 0 saturated heterocycles. The molecule has 1 heterocycles. The summed E-state index contributed by atoms with van der Waals surface area (Å²) in [5.41, 5.74) is 1.45. The molecular weight excluding hydrogens is 214 g/mol. The molecule has 0 fully saturated rings. The lowest BCUT2D eigenvalue weighted by atomic mass is 9.81. The summed E-state index contributed by atoms with van der Waals surface area (Å²) in [4.78, 5) is 0. The number of hydrogen-bond donors (Lipinski definition) is 1. The lowest BCUT2D eigenvalue weighted by molar-refractivity contribution is 0.171. The van der Waals surface area contributed by atoms with E-state index in [-0.39, 0.29) is 5.41 Å². The van der Waals surface area contributed by atoms with Crippen LogP contribution in [0.3, 0.4) is 0 Å². The first-order chi connectivity index (χ1) is 8.13. The minimum Gasteiger partial charge on any atom is -0.486 e. The van der Waals surface area contributed by atoms with Gasteiger partial charge in [0.25, 0.3) is 0 Å². The summed E-state index contributed by atoms with van der Waals surface area (Å²) in [7, 11) is 1.99. The summed E-state index contributed by atoms with van der Waals surface area (Å²) in [5.74, 6) is 1.75. The molecule has 0 spiro atoms. The van der Waals surface area contributed by atoms with Crippen LogP contribution in [0.15, 0.2) is 18.2 Å². The van der Waals surface area contributed by atoms with Crippen molar-refractivity contribution in [3.8, 4) is 11.5 Å². The molecule has 0 amide bonds. The van der Waals surface area contributed by atoms with Crippen molar-refractivity contribution >= 4 is 0 Å². The maximum Gasteiger partial charge on any atom is 0.161 e. The topological polar surface area (TPSA) is 30.5 Å². The maximum absolute atomic E-state index is 5.62. The zero-order valence-electron chi connectivity index (χ0n) is 10.9. The van der Waals surface area contributed by atoms with Gasteiger partial charge in [-0.1, -0.05) is 19.9 Å². The van der Waals surface area contributed by atoms with E-state index in [1.807, 2.05) is 13.1 Å². The fourth-order valence-electron chi connectivity index (χ4n) is 2.05. The molecule has 0 saturated carbocycles. The predicted molar refractivity (Wildman–Crippen MR) is 69.0 cm³/mol. The third-order valence-electron chi connectivity index (χ3n) is 3.32. The van der Waals surface area contributed by atoms with E-state index in [1.54, 1.807) is 0 Å². The van der Waals surface area contributed by atoms with Crippen LogP contribution < -0.4 is 14.8 Å². The second kappa shape index (κ2) is 4.96. The summed E-state index contributed by atoms with van der Waals surface area (Å²) in [6, 6.07) is 6.28. The molecule has 94 valence electrons. The zero-order chi connectivity index (χ0) is 12.3. The van der Waals surface area contributed by atoms with E-state index in [4.69, 9.17) is 9.47 Å². The minimum absolute atomic E-state index is 0.152. The second-order valence-corrected chi connectivity index (χ2v) is 5.10. The Labute approximate surface area is 103 Å². The normalized spacial score (nSPS) is 14.8. The van der Waals surface area contributed by atoms with E-state index in [9.17, 15) is 0 Å². The highest BCUT2D eigenvalue weighted by Gasteiger charge is 2.22. The van der Waals surface area contributed by atoms with Crippen molar-refractivity contribution in [3.05, 3.63) is 23.8 Å². The van der Waals surface area contributed by atoms with Crippen LogP contribution in [0.4, 0.5) is 0 Å². The monoisotopic (exact) mass is 235 g/mol. The molecule has 1 aromatic rings. The predicted octanol–water partition coefficient (Wildman–Crippen LogP) is 2.34. The molecule has 0 aliphatic carbocycles. The third kappa shape index (κ3) is 2.72. The summed E-state index contributed by atoms with van der Waals surface area (Å²) in [6.07, 6.45) is 1.10. The van der Waals surface area contributed by atoms with Gasteiger partial charge in [-0.2, -0.15) is 0 Å². The van der Waals surface area contributed by atoms with Crippen LogP contribution in [0.25, 0.3) is 0 Å². The quantitative estimate of drug-likeness (QED) is 0.869. The van der Waals surface area contributed by atoms with Crippen LogP contribution in [-0.4, -0.2) is 26.8 Å². The Bertz CT molecular complexity index is 388. The fourth-order valence-corrected chi connectivity index (χ4v) is 2.05. The lowest BCUT2D eigenvalue weighted by Gasteiger charge is -2.27. The van der Waals surface area contributed by atoms with Gasteiger partial charge in [0.2, 0.25) is 0 Å². The van der Waals surface area contributed by atoms with E-state index < -0.39 is 0 Å². The smallest absolute Gasteiger partial charge is 0.161 e. The largest absolute Gasteiger partial charge is 0.486 e. The minimum atomic E-state index is 0.152. The molecule has 1 aliphatic rings. The highest BCUT2D eigenvalue weighted by Crippen LogP contribution is 2.36. The van der Waals surface area contributed by atoms with Gasteiger partial charge in [-0.25, -0.2) is 0 Å². The van der Waals surface area contributed by atoms with Crippen LogP contribution in [0.5, 0.6) is 11.5 Å². The van der Waals surface area contributed by atoms with Gasteiger partial charge in [-0.05, 0) is 43.1 Å². The fraction of sp³-hybridized carbons (Fsp3) is 0.571. The summed E-state index contributed by atoms with van der Waals surface area (Å²) >= 11 is 0. The Balaban J connectivity index is 2.20. The van der Waals surface area contributed by atoms with Gasteiger partial charge >= 0.3 is 0 Å². The van der Waals surface area contributed by atoms with Crippen LogP contribution in [0.2, 0.25) is 0 Å². The van der Waals surface area contributed by atoms with Gasteiger partial charge < -0.3 is 14.8 Å². The zero-order valence-corrected chi connectivity index (χ0v) is 10.9. The summed E-state index contributed by atoms with van der Waals surface area (Å²) < 4.78 is 11.2. The third-order valence-corrected chi connectivity index (χ3v) is 3.32. The Kier molecular flexibility index (Phi) is 3.57. The van der Waals surface area contributed by atoms with E-state index in [1.165, 1.54) is 5.56 Å². The Morgan fingerprint density at radius 3 is 2.59 bits per heavy atom. The lowest BCUT2D eigenvalue weighted by Crippen LogP contribution is -2.24. The first kappa shape index (κ1) is 12.2. The molecular formula is C14H21NO2. The molecule has 0 aromatic heterocycles. The maximum atomic E-state index is 5.62. The summed E-state index contributed by atoms with van der Waals surface area (Å²) in [6.45, 7) is 6.83. The highest BCUT2D eigenvalue weighted by atomic mass is 16.6. The number of ether oxygens (including phenoxy) is 2. The van der Waals surface area contributed by atoms with Crippen molar-refractivity contribution in [2.24, 2.45) is 0 Å². The Morgan fingerprint density at radius 2 is 1.88 bits per heavy atom. The molecule has 1 N–H and O–H groups in total. The van der Waals surface area contributed by atoms with Gasteiger partial charge in [0.05, 0.1) is 0 Å². The number of fused-ring (bicyclic) bond motifs is 1. The van der Waals surface area contributed by atoms with Gasteiger partial charge in [-0.3, -0.25) is 0 Å². The van der Waals surface area contributed by atoms with E-state index in [2.05, 4.69) is 31.3 Å². The molecule has 3 heteroatoms. The van der Waals surface area contributed by atoms with Crippen LogP contribution >= 0.6 is 0 Å². The van der Waals surface area contributed by atoms with Crippen molar-refractivity contribution in [3.63, 3.8) is 0 Å². The average molecular weight is 235 g/mol. The number of nitrogens with one attached hydrogen (secondary N) is 1. The van der Waals surface area contributed by atoms with E-state index >= 15 is 0 Å². The second-order valence-electron chi connectivity index (χ2n) is 5.10. The average Bonchev–Trinajstić information content (AvgIpc) is 2.36. The Hall–Kier alpha value is -1.22. The van der Waals surface area contributed by atoms with Crippen LogP contribution in [0, 0.1) is 0 Å². The molecule has 2 rings (SSSR count). The molecule has 1 aliphatic heterocycles. The SMILES string of the molecule is CNCCC(C)(C)c1ccc2c(c1)OCCO2. The van der Waals surface area contributed by atoms with Crippen molar-refractivity contribution in [2.45, 2.75) is 25.7 Å². The van der Waals surface area contributed by atoms with Crippen LogP contribution in [0.1, 0.15) is 25.8 Å². The number of benzene rings is 1. The van der Waals surface area contributed by atoms with E-state index in [0.29, 0.717) is 13.2 Å². The molecule has 17 heavy (non-hydrogen) atoms. The highest BCUT2D eigenvalue weighted by molar-refractivity contribution is 5.45. The Morgan fingerprint density at radius 1 is 1.18 bits per heavy atom. The van der Waals surface area contributed by atoms with Gasteiger partial charge in [0.1, 0.15) is 13.2 Å². The first-order valence-electron chi connectivity index (χ1n) is 6.18. The van der Waals surface area contributed by atoms with Gasteiger partial charge in [0.15, 0.2) is 11.5 Å². The van der Waals surface area contributed by atoms with Crippen molar-refractivity contribution in [1.29, 1.82) is 0 Å². The van der Waals surface area contributed by atoms with Crippen LogP contribution in [-0.2, 0) is 5.41 Å². The van der Waals surface area contributed by atoms with E-state index in [0.717, 1.165) is 24.5 Å². The molecule has 0 bridgehead atoms.